The fourth-order valence-electron chi connectivity index (χ4n) is 2.49. The molecule has 0 amide bonds. The van der Waals surface area contributed by atoms with Crippen molar-refractivity contribution in [3.63, 3.8) is 0 Å². The smallest absolute Gasteiger partial charge is 0.0888 e. The number of halogens is 2. The van der Waals surface area contributed by atoms with E-state index in [1.807, 2.05) is 6.07 Å². The SMILES string of the molecule is OC(CC1Cc2ccccc21)c1cc(Br)c(Br)s1. The Morgan fingerprint density at radius 3 is 2.78 bits per heavy atom. The molecule has 1 aromatic carbocycles. The Labute approximate surface area is 127 Å². The third-order valence-corrected chi connectivity index (χ3v) is 6.82. The highest BCUT2D eigenvalue weighted by Gasteiger charge is 2.28. The lowest BCUT2D eigenvalue weighted by atomic mass is 9.75. The van der Waals surface area contributed by atoms with E-state index in [-0.39, 0.29) is 6.10 Å². The quantitative estimate of drug-likeness (QED) is 0.782. The number of fused-ring (bicyclic) bond motifs is 1. The van der Waals surface area contributed by atoms with E-state index in [0.717, 1.165) is 26.0 Å². The molecule has 0 spiro atoms. The molecular formula is C14H12Br2OS. The predicted octanol–water partition coefficient (Wildman–Crippen LogP) is 5.04. The van der Waals surface area contributed by atoms with E-state index in [1.165, 1.54) is 11.1 Å². The number of aliphatic hydroxyl groups is 1. The van der Waals surface area contributed by atoms with Crippen LogP contribution in [0.1, 0.15) is 34.4 Å². The second-order valence-corrected chi connectivity index (χ2v) is 7.88. The van der Waals surface area contributed by atoms with Gasteiger partial charge in [-0.15, -0.1) is 11.3 Å². The average molecular weight is 388 g/mol. The van der Waals surface area contributed by atoms with Crippen LogP contribution < -0.4 is 0 Å². The maximum atomic E-state index is 10.3. The molecule has 94 valence electrons. The van der Waals surface area contributed by atoms with Gasteiger partial charge in [0.15, 0.2) is 0 Å². The van der Waals surface area contributed by atoms with Crippen LogP contribution in [0.5, 0.6) is 0 Å². The van der Waals surface area contributed by atoms with Crippen molar-refractivity contribution >= 4 is 43.2 Å². The average Bonchev–Trinajstić information content (AvgIpc) is 2.67. The van der Waals surface area contributed by atoms with E-state index in [4.69, 9.17) is 0 Å². The van der Waals surface area contributed by atoms with Crippen LogP contribution in [-0.2, 0) is 6.42 Å². The van der Waals surface area contributed by atoms with Gasteiger partial charge in [0.05, 0.1) is 9.89 Å². The van der Waals surface area contributed by atoms with Crippen molar-refractivity contribution in [3.8, 4) is 0 Å². The van der Waals surface area contributed by atoms with Crippen LogP contribution in [0.25, 0.3) is 0 Å². The Morgan fingerprint density at radius 1 is 1.33 bits per heavy atom. The summed E-state index contributed by atoms with van der Waals surface area (Å²) in [6.45, 7) is 0. The molecule has 0 aliphatic heterocycles. The summed E-state index contributed by atoms with van der Waals surface area (Å²) in [5.74, 6) is 0.510. The third-order valence-electron chi connectivity index (χ3n) is 3.46. The van der Waals surface area contributed by atoms with Crippen molar-refractivity contribution in [1.82, 2.24) is 0 Å². The predicted molar refractivity (Wildman–Crippen MR) is 82.2 cm³/mol. The van der Waals surface area contributed by atoms with Gasteiger partial charge in [0.2, 0.25) is 0 Å². The molecule has 1 nitrogen and oxygen atoms in total. The Bertz CT molecular complexity index is 559. The molecule has 2 aromatic rings. The Balaban J connectivity index is 1.72. The van der Waals surface area contributed by atoms with Crippen molar-refractivity contribution in [2.45, 2.75) is 24.9 Å². The zero-order valence-electron chi connectivity index (χ0n) is 9.57. The highest BCUT2D eigenvalue weighted by molar-refractivity contribution is 9.13. The monoisotopic (exact) mass is 386 g/mol. The molecule has 3 rings (SSSR count). The fourth-order valence-corrected chi connectivity index (χ4v) is 4.57. The number of thiophene rings is 1. The van der Waals surface area contributed by atoms with E-state index in [2.05, 4.69) is 56.1 Å². The molecule has 0 radical (unpaired) electrons. The van der Waals surface area contributed by atoms with Crippen molar-refractivity contribution in [2.24, 2.45) is 0 Å². The van der Waals surface area contributed by atoms with Gasteiger partial charge in [0, 0.05) is 9.35 Å². The number of aliphatic hydroxyl groups excluding tert-OH is 1. The van der Waals surface area contributed by atoms with Crippen LogP contribution in [0.4, 0.5) is 0 Å². The topological polar surface area (TPSA) is 20.2 Å². The maximum Gasteiger partial charge on any atom is 0.0888 e. The van der Waals surface area contributed by atoms with Gasteiger partial charge in [-0.2, -0.15) is 0 Å². The highest BCUT2D eigenvalue weighted by atomic mass is 79.9. The van der Waals surface area contributed by atoms with Gasteiger partial charge in [0.25, 0.3) is 0 Å². The first-order valence-corrected chi connectivity index (χ1v) is 8.26. The van der Waals surface area contributed by atoms with Crippen LogP contribution in [0.3, 0.4) is 0 Å². The summed E-state index contributed by atoms with van der Waals surface area (Å²) in [5.41, 5.74) is 2.84. The standard InChI is InChI=1S/C14H12Br2OS/c15-11-7-13(18-14(11)16)12(17)6-9-5-8-3-1-2-4-10(8)9/h1-4,7,9,12,17H,5-6H2. The minimum Gasteiger partial charge on any atom is -0.388 e. The molecule has 1 heterocycles. The highest BCUT2D eigenvalue weighted by Crippen LogP contribution is 2.43. The zero-order chi connectivity index (χ0) is 12.7. The molecule has 1 aromatic heterocycles. The van der Waals surface area contributed by atoms with Gasteiger partial charge in [-0.1, -0.05) is 24.3 Å². The largest absolute Gasteiger partial charge is 0.388 e. The number of hydrogen-bond donors (Lipinski definition) is 1. The molecule has 0 saturated heterocycles. The normalized spacial score (nSPS) is 19.2. The van der Waals surface area contributed by atoms with Gasteiger partial charge in [-0.05, 0) is 67.8 Å². The van der Waals surface area contributed by atoms with E-state index in [1.54, 1.807) is 11.3 Å². The molecule has 0 saturated carbocycles. The summed E-state index contributed by atoms with van der Waals surface area (Å²) < 4.78 is 2.07. The second-order valence-electron chi connectivity index (χ2n) is 4.62. The van der Waals surface area contributed by atoms with Crippen LogP contribution in [-0.4, -0.2) is 5.11 Å². The van der Waals surface area contributed by atoms with Crippen molar-refractivity contribution in [1.29, 1.82) is 0 Å². The summed E-state index contributed by atoms with van der Waals surface area (Å²) in [6.07, 6.45) is 1.55. The first-order valence-electron chi connectivity index (χ1n) is 5.85. The summed E-state index contributed by atoms with van der Waals surface area (Å²) in [7, 11) is 0. The molecule has 18 heavy (non-hydrogen) atoms. The van der Waals surface area contributed by atoms with Crippen LogP contribution >= 0.6 is 43.2 Å². The number of hydrogen-bond acceptors (Lipinski definition) is 2. The molecule has 1 N–H and O–H groups in total. The van der Waals surface area contributed by atoms with Crippen molar-refractivity contribution in [3.05, 3.63) is 54.6 Å². The fraction of sp³-hybridized carbons (Fsp3) is 0.286. The Morgan fingerprint density at radius 2 is 2.11 bits per heavy atom. The summed E-state index contributed by atoms with van der Waals surface area (Å²) >= 11 is 8.53. The van der Waals surface area contributed by atoms with E-state index >= 15 is 0 Å². The molecule has 0 fully saturated rings. The number of rotatable bonds is 3. The van der Waals surface area contributed by atoms with Crippen molar-refractivity contribution in [2.75, 3.05) is 0 Å². The van der Waals surface area contributed by atoms with Gasteiger partial charge >= 0.3 is 0 Å². The molecule has 1 aliphatic carbocycles. The number of benzene rings is 1. The Kier molecular flexibility index (Phi) is 3.63. The maximum absolute atomic E-state index is 10.3. The molecule has 4 heteroatoms. The van der Waals surface area contributed by atoms with Gasteiger partial charge in [0.1, 0.15) is 0 Å². The van der Waals surface area contributed by atoms with Crippen LogP contribution in [0.15, 0.2) is 38.6 Å². The van der Waals surface area contributed by atoms with Crippen LogP contribution in [0, 0.1) is 0 Å². The molecule has 2 unspecified atom stereocenters. The molecular weight excluding hydrogens is 376 g/mol. The minimum atomic E-state index is -0.365. The second kappa shape index (κ2) is 5.08. The first-order chi connectivity index (χ1) is 8.65. The molecule has 1 aliphatic rings. The van der Waals surface area contributed by atoms with Gasteiger partial charge in [-0.25, -0.2) is 0 Å². The van der Waals surface area contributed by atoms with E-state index in [0.29, 0.717) is 5.92 Å². The van der Waals surface area contributed by atoms with E-state index < -0.39 is 0 Å². The first kappa shape index (κ1) is 12.9. The minimum absolute atomic E-state index is 0.365. The van der Waals surface area contributed by atoms with E-state index in [9.17, 15) is 5.11 Å². The summed E-state index contributed by atoms with van der Waals surface area (Å²) in [5, 5.41) is 10.3. The zero-order valence-corrected chi connectivity index (χ0v) is 13.6. The summed E-state index contributed by atoms with van der Waals surface area (Å²) in [4.78, 5) is 1.03. The van der Waals surface area contributed by atoms with Gasteiger partial charge < -0.3 is 5.11 Å². The Hall–Kier alpha value is -0.160. The lowest BCUT2D eigenvalue weighted by Gasteiger charge is -2.31. The lowest BCUT2D eigenvalue weighted by Crippen LogP contribution is -2.19. The molecule has 2 atom stereocenters. The third kappa shape index (κ3) is 2.31. The van der Waals surface area contributed by atoms with Crippen LogP contribution in [0.2, 0.25) is 0 Å². The lowest BCUT2D eigenvalue weighted by molar-refractivity contribution is 0.157. The van der Waals surface area contributed by atoms with Crippen molar-refractivity contribution < 1.29 is 5.11 Å². The summed E-state index contributed by atoms with van der Waals surface area (Å²) in [6, 6.07) is 10.5. The molecule has 0 bridgehead atoms. The van der Waals surface area contributed by atoms with Gasteiger partial charge in [-0.3, -0.25) is 0 Å².